The lowest BCUT2D eigenvalue weighted by Crippen LogP contribution is -3.11. The van der Waals surface area contributed by atoms with Gasteiger partial charge in [0.15, 0.2) is 6.54 Å². The number of benzene rings is 2. The highest BCUT2D eigenvalue weighted by atomic mass is 16.6. The number of nitrogens with one attached hydrogen (secondary N) is 2. The zero-order valence-electron chi connectivity index (χ0n) is 17.3. The van der Waals surface area contributed by atoms with Gasteiger partial charge in [-0.3, -0.25) is 14.9 Å². The molecular weight excluding hydrogens is 390 g/mol. The smallest absolute Gasteiger partial charge is 0.296 e. The monoisotopic (exact) mass is 416 g/mol. The van der Waals surface area contributed by atoms with Crippen LogP contribution in [0.15, 0.2) is 36.4 Å². The molecule has 1 fully saturated rings. The van der Waals surface area contributed by atoms with Gasteiger partial charge in [-0.25, -0.2) is 0 Å². The Morgan fingerprint density at radius 2 is 1.83 bits per heavy atom. The number of quaternary nitrogens is 1. The molecule has 30 heavy (non-hydrogen) atoms. The first kappa shape index (κ1) is 21.4. The van der Waals surface area contributed by atoms with Gasteiger partial charge in [-0.05, 0) is 30.3 Å². The molecule has 0 aliphatic carbocycles. The SMILES string of the molecule is COc1ccc(OC)c([C@@H]2CCC[NH+]2CC(=O)Nc2ccc(OC)cc2[N+](=O)[O-])c1. The van der Waals surface area contributed by atoms with Gasteiger partial charge < -0.3 is 24.4 Å². The van der Waals surface area contributed by atoms with Crippen molar-refractivity contribution < 1.29 is 28.8 Å². The molecule has 160 valence electrons. The number of nitro benzene ring substituents is 1. The number of nitro groups is 1. The normalized spacial score (nSPS) is 18.0. The minimum absolute atomic E-state index is 0.0756. The van der Waals surface area contributed by atoms with Crippen LogP contribution in [-0.2, 0) is 4.79 Å². The molecule has 0 saturated carbocycles. The van der Waals surface area contributed by atoms with Crippen molar-refractivity contribution in [3.63, 3.8) is 0 Å². The molecule has 0 spiro atoms. The second-order valence-corrected chi connectivity index (χ2v) is 7.08. The van der Waals surface area contributed by atoms with Crippen molar-refractivity contribution in [2.24, 2.45) is 0 Å². The summed E-state index contributed by atoms with van der Waals surface area (Å²) in [5.41, 5.74) is 0.942. The topological polar surface area (TPSA) is 104 Å². The van der Waals surface area contributed by atoms with Crippen LogP contribution in [-0.4, -0.2) is 45.2 Å². The van der Waals surface area contributed by atoms with Crippen LogP contribution >= 0.6 is 0 Å². The summed E-state index contributed by atoms with van der Waals surface area (Å²) in [5.74, 6) is 1.56. The first-order chi connectivity index (χ1) is 14.5. The summed E-state index contributed by atoms with van der Waals surface area (Å²) in [6.07, 6.45) is 1.88. The molecule has 2 aromatic rings. The quantitative estimate of drug-likeness (QED) is 0.504. The van der Waals surface area contributed by atoms with Crippen molar-refractivity contribution in [3.05, 3.63) is 52.1 Å². The van der Waals surface area contributed by atoms with E-state index in [1.807, 2.05) is 18.2 Å². The molecule has 1 saturated heterocycles. The lowest BCUT2D eigenvalue weighted by Gasteiger charge is -2.23. The highest BCUT2D eigenvalue weighted by Crippen LogP contribution is 2.32. The van der Waals surface area contributed by atoms with Crippen LogP contribution in [0.25, 0.3) is 0 Å². The van der Waals surface area contributed by atoms with Crippen molar-refractivity contribution in [2.75, 3.05) is 39.7 Å². The van der Waals surface area contributed by atoms with Gasteiger partial charge in [0.1, 0.15) is 29.0 Å². The third kappa shape index (κ3) is 4.62. The van der Waals surface area contributed by atoms with Crippen LogP contribution in [0.1, 0.15) is 24.4 Å². The van der Waals surface area contributed by atoms with E-state index in [-0.39, 0.29) is 29.9 Å². The number of ether oxygens (including phenoxy) is 3. The van der Waals surface area contributed by atoms with E-state index < -0.39 is 4.92 Å². The molecule has 2 N–H and O–H groups in total. The molecule has 0 aromatic heterocycles. The fourth-order valence-electron chi connectivity index (χ4n) is 3.91. The van der Waals surface area contributed by atoms with Crippen LogP contribution in [0.5, 0.6) is 17.2 Å². The van der Waals surface area contributed by atoms with Crippen molar-refractivity contribution >= 4 is 17.3 Å². The lowest BCUT2D eigenvalue weighted by molar-refractivity contribution is -0.910. The van der Waals surface area contributed by atoms with Gasteiger partial charge in [-0.15, -0.1) is 0 Å². The van der Waals surface area contributed by atoms with Crippen molar-refractivity contribution in [1.29, 1.82) is 0 Å². The van der Waals surface area contributed by atoms with Crippen LogP contribution < -0.4 is 24.4 Å². The van der Waals surface area contributed by atoms with E-state index in [9.17, 15) is 14.9 Å². The highest BCUT2D eigenvalue weighted by Gasteiger charge is 2.34. The number of hydrogen-bond donors (Lipinski definition) is 2. The first-order valence-corrected chi connectivity index (χ1v) is 9.65. The second kappa shape index (κ2) is 9.45. The Hall–Kier alpha value is -3.33. The van der Waals surface area contributed by atoms with Crippen molar-refractivity contribution in [2.45, 2.75) is 18.9 Å². The zero-order chi connectivity index (χ0) is 21.7. The summed E-state index contributed by atoms with van der Waals surface area (Å²) in [5, 5.41) is 14.0. The Morgan fingerprint density at radius 3 is 2.50 bits per heavy atom. The number of likely N-dealkylation sites (tertiary alicyclic amines) is 1. The van der Waals surface area contributed by atoms with Crippen LogP contribution in [0, 0.1) is 10.1 Å². The van der Waals surface area contributed by atoms with Crippen LogP contribution in [0.4, 0.5) is 11.4 Å². The number of methoxy groups -OCH3 is 3. The number of rotatable bonds is 8. The number of anilines is 1. The Labute approximate surface area is 174 Å². The van der Waals surface area contributed by atoms with E-state index in [2.05, 4.69) is 5.32 Å². The Bertz CT molecular complexity index is 933. The maximum absolute atomic E-state index is 12.7. The predicted molar refractivity (Wildman–Crippen MR) is 110 cm³/mol. The summed E-state index contributed by atoms with van der Waals surface area (Å²) < 4.78 is 15.9. The number of nitrogens with zero attached hydrogens (tertiary/aromatic N) is 1. The zero-order valence-corrected chi connectivity index (χ0v) is 17.3. The minimum atomic E-state index is -0.537. The van der Waals surface area contributed by atoms with Gasteiger partial charge in [-0.2, -0.15) is 0 Å². The number of amides is 1. The maximum atomic E-state index is 12.7. The first-order valence-electron chi connectivity index (χ1n) is 9.65. The lowest BCUT2D eigenvalue weighted by atomic mass is 10.0. The summed E-state index contributed by atoms with van der Waals surface area (Å²) in [6.45, 7) is 1.01. The molecule has 9 nitrogen and oxygen atoms in total. The van der Waals surface area contributed by atoms with Gasteiger partial charge in [0.2, 0.25) is 0 Å². The molecule has 2 atom stereocenters. The van der Waals surface area contributed by atoms with Gasteiger partial charge in [-0.1, -0.05) is 0 Å². The third-order valence-corrected chi connectivity index (χ3v) is 5.36. The molecule has 1 aliphatic rings. The molecule has 3 rings (SSSR count). The molecule has 1 unspecified atom stereocenters. The molecule has 1 aliphatic heterocycles. The molecule has 2 aromatic carbocycles. The van der Waals surface area contributed by atoms with Crippen molar-refractivity contribution in [1.82, 2.24) is 0 Å². The standard InChI is InChI=1S/C21H25N3O6/c1-28-14-7-9-20(30-3)16(11-14)18-5-4-10-23(18)13-21(25)22-17-8-6-15(29-2)12-19(17)24(26)27/h6-9,11-12,18H,4-5,10,13H2,1-3H3,(H,22,25)/p+1/t18-/m0/s1. The molecule has 0 bridgehead atoms. The molecule has 9 heteroatoms. The number of carbonyl (C=O) groups is 1. The van der Waals surface area contributed by atoms with Crippen LogP contribution in [0.2, 0.25) is 0 Å². The highest BCUT2D eigenvalue weighted by molar-refractivity contribution is 5.93. The van der Waals surface area contributed by atoms with E-state index in [1.54, 1.807) is 20.3 Å². The largest absolute Gasteiger partial charge is 0.497 e. The predicted octanol–water partition coefficient (Wildman–Crippen LogP) is 1.98. The number of hydrogen-bond acceptors (Lipinski definition) is 6. The van der Waals surface area contributed by atoms with Gasteiger partial charge >= 0.3 is 0 Å². The van der Waals surface area contributed by atoms with Crippen LogP contribution in [0.3, 0.4) is 0 Å². The van der Waals surface area contributed by atoms with E-state index in [1.165, 1.54) is 19.2 Å². The third-order valence-electron chi connectivity index (χ3n) is 5.36. The average Bonchev–Trinajstić information content (AvgIpc) is 3.20. The van der Waals surface area contributed by atoms with E-state index in [0.717, 1.165) is 41.3 Å². The summed E-state index contributed by atoms with van der Waals surface area (Å²) in [4.78, 5) is 24.6. The number of carbonyl (C=O) groups excluding carboxylic acids is 1. The Morgan fingerprint density at radius 1 is 1.13 bits per heavy atom. The van der Waals surface area contributed by atoms with Crippen molar-refractivity contribution in [3.8, 4) is 17.2 Å². The Balaban J connectivity index is 1.77. The summed E-state index contributed by atoms with van der Waals surface area (Å²) >= 11 is 0. The molecular formula is C21H26N3O6+. The van der Waals surface area contributed by atoms with E-state index in [0.29, 0.717) is 5.75 Å². The van der Waals surface area contributed by atoms with Gasteiger partial charge in [0, 0.05) is 12.8 Å². The second-order valence-electron chi connectivity index (χ2n) is 7.08. The molecule has 0 radical (unpaired) electrons. The fraction of sp³-hybridized carbons (Fsp3) is 0.381. The molecule has 1 amide bonds. The van der Waals surface area contributed by atoms with Gasteiger partial charge in [0.05, 0.1) is 44.4 Å². The Kier molecular flexibility index (Phi) is 6.73. The van der Waals surface area contributed by atoms with E-state index in [4.69, 9.17) is 14.2 Å². The van der Waals surface area contributed by atoms with E-state index >= 15 is 0 Å². The fourth-order valence-corrected chi connectivity index (χ4v) is 3.91. The maximum Gasteiger partial charge on any atom is 0.296 e. The van der Waals surface area contributed by atoms with Gasteiger partial charge in [0.25, 0.3) is 11.6 Å². The minimum Gasteiger partial charge on any atom is -0.497 e. The summed E-state index contributed by atoms with van der Waals surface area (Å²) in [6, 6.07) is 10.1. The average molecular weight is 416 g/mol. The molecule has 1 heterocycles. The summed E-state index contributed by atoms with van der Waals surface area (Å²) in [7, 11) is 4.66.